The largest absolute Gasteiger partial charge is 0.367 e. The predicted octanol–water partition coefficient (Wildman–Crippen LogP) is 2.62. The van der Waals surface area contributed by atoms with Crippen molar-refractivity contribution < 1.29 is 0 Å². The van der Waals surface area contributed by atoms with Gasteiger partial charge in [0.2, 0.25) is 0 Å². The minimum atomic E-state index is 0.985. The van der Waals surface area contributed by atoms with E-state index in [1.807, 2.05) is 0 Å². The van der Waals surface area contributed by atoms with Gasteiger partial charge < -0.3 is 15.1 Å². The van der Waals surface area contributed by atoms with Crippen molar-refractivity contribution in [2.24, 2.45) is 0 Å². The van der Waals surface area contributed by atoms with Crippen LogP contribution in [0.25, 0.3) is 0 Å². The Morgan fingerprint density at radius 2 is 1.81 bits per heavy atom. The molecule has 2 heterocycles. The molecule has 2 aromatic rings. The van der Waals surface area contributed by atoms with Gasteiger partial charge in [0.05, 0.1) is 11.4 Å². The quantitative estimate of drug-likeness (QED) is 0.911. The molecular weight excluding hydrogens is 258 g/mol. The lowest BCUT2D eigenvalue weighted by Gasteiger charge is -2.39. The van der Waals surface area contributed by atoms with E-state index in [2.05, 4.69) is 63.6 Å². The second kappa shape index (κ2) is 5.41. The van der Waals surface area contributed by atoms with E-state index in [4.69, 9.17) is 0 Å². The fourth-order valence-electron chi connectivity index (χ4n) is 3.44. The molecule has 0 bridgehead atoms. The Hall–Kier alpha value is -2.00. The summed E-state index contributed by atoms with van der Waals surface area (Å²) < 4.78 is 0. The Morgan fingerprint density at radius 1 is 0.905 bits per heavy atom. The zero-order valence-electron chi connectivity index (χ0n) is 12.3. The van der Waals surface area contributed by atoms with Crippen LogP contribution >= 0.6 is 0 Å². The summed E-state index contributed by atoms with van der Waals surface area (Å²) in [7, 11) is 0. The number of para-hydroxylation sites is 1. The van der Waals surface area contributed by atoms with E-state index in [1.54, 1.807) is 0 Å². The van der Waals surface area contributed by atoms with Gasteiger partial charge in [0.25, 0.3) is 0 Å². The fourth-order valence-corrected chi connectivity index (χ4v) is 3.44. The lowest BCUT2D eigenvalue weighted by molar-refractivity contribution is 0.666. The monoisotopic (exact) mass is 279 g/mol. The van der Waals surface area contributed by atoms with Crippen molar-refractivity contribution in [2.45, 2.75) is 13.1 Å². The maximum atomic E-state index is 3.53. The summed E-state index contributed by atoms with van der Waals surface area (Å²) >= 11 is 0. The number of hydrogen-bond donors (Lipinski definition) is 1. The Bertz CT molecular complexity index is 624. The molecule has 1 N–H and O–H groups in total. The highest BCUT2D eigenvalue weighted by Crippen LogP contribution is 2.37. The molecule has 2 aromatic carbocycles. The molecular formula is C18H21N3. The van der Waals surface area contributed by atoms with Crippen LogP contribution in [-0.4, -0.2) is 26.2 Å². The van der Waals surface area contributed by atoms with Crippen LogP contribution in [0.2, 0.25) is 0 Å². The zero-order chi connectivity index (χ0) is 14.1. The van der Waals surface area contributed by atoms with E-state index in [0.717, 1.165) is 39.3 Å². The highest BCUT2D eigenvalue weighted by atomic mass is 15.3. The molecule has 0 amide bonds. The molecule has 0 atom stereocenters. The molecule has 2 aliphatic rings. The Morgan fingerprint density at radius 3 is 2.71 bits per heavy atom. The van der Waals surface area contributed by atoms with Gasteiger partial charge in [-0.1, -0.05) is 42.5 Å². The molecule has 0 spiro atoms. The van der Waals surface area contributed by atoms with Gasteiger partial charge in [-0.25, -0.2) is 0 Å². The topological polar surface area (TPSA) is 18.5 Å². The first-order valence-electron chi connectivity index (χ1n) is 7.78. The molecule has 3 nitrogen and oxygen atoms in total. The summed E-state index contributed by atoms with van der Waals surface area (Å²) in [5.74, 6) is 0. The third-order valence-corrected chi connectivity index (χ3v) is 4.49. The van der Waals surface area contributed by atoms with Crippen molar-refractivity contribution in [1.82, 2.24) is 5.32 Å². The molecule has 0 unspecified atom stereocenters. The molecule has 0 fully saturated rings. The Kier molecular flexibility index (Phi) is 3.28. The highest BCUT2D eigenvalue weighted by Gasteiger charge is 2.26. The molecule has 0 aromatic heterocycles. The van der Waals surface area contributed by atoms with Crippen LogP contribution in [0, 0.1) is 0 Å². The van der Waals surface area contributed by atoms with Gasteiger partial charge in [-0.2, -0.15) is 0 Å². The molecule has 0 radical (unpaired) electrons. The van der Waals surface area contributed by atoms with Crippen molar-refractivity contribution in [1.29, 1.82) is 0 Å². The second-order valence-corrected chi connectivity index (χ2v) is 5.86. The maximum absolute atomic E-state index is 3.53. The summed E-state index contributed by atoms with van der Waals surface area (Å²) in [5, 5.41) is 3.53. The van der Waals surface area contributed by atoms with Crippen molar-refractivity contribution >= 4 is 11.4 Å². The van der Waals surface area contributed by atoms with E-state index < -0.39 is 0 Å². The van der Waals surface area contributed by atoms with Gasteiger partial charge in [0, 0.05) is 39.3 Å². The SMILES string of the molecule is c1ccc(CN2CCN3CCNCc4cccc2c43)cc1. The van der Waals surface area contributed by atoms with Crippen LogP contribution in [0.4, 0.5) is 11.4 Å². The normalized spacial score (nSPS) is 17.3. The Labute approximate surface area is 126 Å². The van der Waals surface area contributed by atoms with Crippen LogP contribution in [0.1, 0.15) is 11.1 Å². The number of anilines is 2. The van der Waals surface area contributed by atoms with Gasteiger partial charge in [0.1, 0.15) is 0 Å². The fraction of sp³-hybridized carbons (Fsp3) is 0.333. The number of benzene rings is 2. The van der Waals surface area contributed by atoms with Crippen LogP contribution in [0.5, 0.6) is 0 Å². The summed E-state index contributed by atoms with van der Waals surface area (Å²) in [6.45, 7) is 6.40. The van der Waals surface area contributed by atoms with Crippen molar-refractivity contribution in [3.63, 3.8) is 0 Å². The number of hydrogen-bond acceptors (Lipinski definition) is 3. The van der Waals surface area contributed by atoms with Gasteiger partial charge in [-0.05, 0) is 17.2 Å². The van der Waals surface area contributed by atoms with Crippen molar-refractivity contribution in [2.75, 3.05) is 36.0 Å². The molecule has 0 saturated heterocycles. The minimum absolute atomic E-state index is 0.985. The number of nitrogens with one attached hydrogen (secondary N) is 1. The van der Waals surface area contributed by atoms with E-state index in [-0.39, 0.29) is 0 Å². The lowest BCUT2D eigenvalue weighted by atomic mass is 10.1. The van der Waals surface area contributed by atoms with E-state index in [0.29, 0.717) is 0 Å². The van der Waals surface area contributed by atoms with Crippen molar-refractivity contribution in [3.8, 4) is 0 Å². The van der Waals surface area contributed by atoms with Crippen LogP contribution in [0.3, 0.4) is 0 Å². The second-order valence-electron chi connectivity index (χ2n) is 5.86. The van der Waals surface area contributed by atoms with Gasteiger partial charge in [-0.3, -0.25) is 0 Å². The van der Waals surface area contributed by atoms with Crippen LogP contribution in [-0.2, 0) is 13.1 Å². The van der Waals surface area contributed by atoms with Gasteiger partial charge >= 0.3 is 0 Å². The van der Waals surface area contributed by atoms with Gasteiger partial charge in [0.15, 0.2) is 0 Å². The maximum Gasteiger partial charge on any atom is 0.0650 e. The van der Waals surface area contributed by atoms with Crippen LogP contribution < -0.4 is 15.1 Å². The first kappa shape index (κ1) is 12.7. The van der Waals surface area contributed by atoms with E-state index >= 15 is 0 Å². The van der Waals surface area contributed by atoms with Gasteiger partial charge in [-0.15, -0.1) is 0 Å². The first-order valence-corrected chi connectivity index (χ1v) is 7.78. The molecule has 108 valence electrons. The average molecular weight is 279 g/mol. The molecule has 0 aliphatic carbocycles. The third kappa shape index (κ3) is 2.38. The standard InChI is InChI=1S/C18H21N3/c1-2-5-15(6-3-1)14-21-12-11-20-10-9-19-13-16-7-4-8-17(21)18(16)20/h1-8,19H,9-14H2. The van der Waals surface area contributed by atoms with Crippen molar-refractivity contribution in [3.05, 3.63) is 59.7 Å². The van der Waals surface area contributed by atoms with E-state index in [1.165, 1.54) is 22.5 Å². The Balaban J connectivity index is 1.70. The van der Waals surface area contributed by atoms with Crippen LogP contribution in [0.15, 0.2) is 48.5 Å². The van der Waals surface area contributed by atoms with E-state index in [9.17, 15) is 0 Å². The number of nitrogens with zero attached hydrogens (tertiary/aromatic N) is 2. The highest BCUT2D eigenvalue weighted by molar-refractivity contribution is 5.77. The molecule has 3 heteroatoms. The lowest BCUT2D eigenvalue weighted by Crippen LogP contribution is -2.42. The summed E-state index contributed by atoms with van der Waals surface area (Å²) in [5.41, 5.74) is 5.66. The summed E-state index contributed by atoms with van der Waals surface area (Å²) in [6.07, 6.45) is 0. The summed E-state index contributed by atoms with van der Waals surface area (Å²) in [6, 6.07) is 17.5. The molecule has 4 rings (SSSR count). The first-order chi connectivity index (χ1) is 10.4. The number of rotatable bonds is 2. The third-order valence-electron chi connectivity index (χ3n) is 4.49. The zero-order valence-corrected chi connectivity index (χ0v) is 12.3. The molecule has 21 heavy (non-hydrogen) atoms. The predicted molar refractivity (Wildman–Crippen MR) is 87.9 cm³/mol. The smallest absolute Gasteiger partial charge is 0.0650 e. The summed E-state index contributed by atoms with van der Waals surface area (Å²) in [4.78, 5) is 5.07. The average Bonchev–Trinajstić information content (AvgIpc) is 2.75. The molecule has 2 aliphatic heterocycles. The molecule has 0 saturated carbocycles. The minimum Gasteiger partial charge on any atom is -0.367 e.